The summed E-state index contributed by atoms with van der Waals surface area (Å²) in [5.41, 5.74) is 10.2. The number of carbonyl (C=O) groups is 1. The van der Waals surface area contributed by atoms with Crippen LogP contribution in [-0.4, -0.2) is 39.0 Å². The number of imidazole rings is 1. The summed E-state index contributed by atoms with van der Waals surface area (Å²) in [5, 5.41) is 0. The third-order valence-corrected chi connectivity index (χ3v) is 3.33. The standard InChI is InChI=1S/C11H19N5O/c1-11(13,10(12)17)2-4-15-6-7-16-5-3-14-9(16)8-15/h3,5H,2,4,6-8,13H2,1H3,(H2,12,17). The molecule has 4 N–H and O–H groups in total. The van der Waals surface area contributed by atoms with E-state index >= 15 is 0 Å². The molecule has 0 bridgehead atoms. The van der Waals surface area contributed by atoms with Crippen LogP contribution in [0.5, 0.6) is 0 Å². The molecular weight excluding hydrogens is 218 g/mol. The molecule has 0 fully saturated rings. The Morgan fingerprint density at radius 1 is 1.59 bits per heavy atom. The van der Waals surface area contributed by atoms with Gasteiger partial charge in [-0.1, -0.05) is 0 Å². The predicted octanol–water partition coefficient (Wildman–Crippen LogP) is -0.708. The lowest BCUT2D eigenvalue weighted by molar-refractivity contribution is -0.122. The first-order valence-electron chi connectivity index (χ1n) is 5.80. The molecule has 1 atom stereocenters. The second kappa shape index (κ2) is 4.46. The molecule has 0 spiro atoms. The van der Waals surface area contributed by atoms with E-state index in [-0.39, 0.29) is 0 Å². The van der Waals surface area contributed by atoms with Crippen LogP contribution < -0.4 is 11.5 Å². The van der Waals surface area contributed by atoms with Gasteiger partial charge in [0.1, 0.15) is 5.82 Å². The minimum atomic E-state index is -0.924. The molecule has 1 amide bonds. The molecule has 1 aliphatic rings. The Kier molecular flexibility index (Phi) is 3.17. The van der Waals surface area contributed by atoms with Crippen LogP contribution >= 0.6 is 0 Å². The number of hydrogen-bond acceptors (Lipinski definition) is 4. The second-order valence-electron chi connectivity index (χ2n) is 4.84. The van der Waals surface area contributed by atoms with Gasteiger partial charge in [0.15, 0.2) is 0 Å². The number of nitrogens with two attached hydrogens (primary N) is 2. The number of nitrogens with zero attached hydrogens (tertiary/aromatic N) is 3. The van der Waals surface area contributed by atoms with E-state index < -0.39 is 11.4 Å². The third-order valence-electron chi connectivity index (χ3n) is 3.33. The first-order valence-corrected chi connectivity index (χ1v) is 5.80. The van der Waals surface area contributed by atoms with E-state index in [4.69, 9.17) is 11.5 Å². The zero-order valence-corrected chi connectivity index (χ0v) is 10.1. The van der Waals surface area contributed by atoms with E-state index in [1.54, 1.807) is 6.92 Å². The SMILES string of the molecule is CC(N)(CCN1CCn2ccnc2C1)C(N)=O. The van der Waals surface area contributed by atoms with E-state index in [9.17, 15) is 4.79 Å². The molecule has 17 heavy (non-hydrogen) atoms. The Hall–Kier alpha value is -1.40. The Morgan fingerprint density at radius 3 is 3.06 bits per heavy atom. The molecule has 0 saturated heterocycles. The highest BCUT2D eigenvalue weighted by atomic mass is 16.1. The summed E-state index contributed by atoms with van der Waals surface area (Å²) in [4.78, 5) is 17.6. The van der Waals surface area contributed by atoms with Crippen LogP contribution in [0.4, 0.5) is 0 Å². The fourth-order valence-corrected chi connectivity index (χ4v) is 1.93. The van der Waals surface area contributed by atoms with Crippen LogP contribution in [0.25, 0.3) is 0 Å². The lowest BCUT2D eigenvalue weighted by Crippen LogP contribution is -2.51. The van der Waals surface area contributed by atoms with Crippen molar-refractivity contribution >= 4 is 5.91 Å². The van der Waals surface area contributed by atoms with Gasteiger partial charge < -0.3 is 16.0 Å². The smallest absolute Gasteiger partial charge is 0.237 e. The largest absolute Gasteiger partial charge is 0.368 e. The van der Waals surface area contributed by atoms with Gasteiger partial charge in [0.25, 0.3) is 0 Å². The van der Waals surface area contributed by atoms with Crippen LogP contribution in [0.2, 0.25) is 0 Å². The molecule has 6 nitrogen and oxygen atoms in total. The van der Waals surface area contributed by atoms with Crippen molar-refractivity contribution in [2.75, 3.05) is 13.1 Å². The molecule has 0 aromatic carbocycles. The van der Waals surface area contributed by atoms with E-state index in [2.05, 4.69) is 14.5 Å². The summed E-state index contributed by atoms with van der Waals surface area (Å²) >= 11 is 0. The average Bonchev–Trinajstić information content (AvgIpc) is 2.73. The minimum Gasteiger partial charge on any atom is -0.368 e. The van der Waals surface area contributed by atoms with Gasteiger partial charge in [-0.15, -0.1) is 0 Å². The molecule has 0 saturated carbocycles. The maximum absolute atomic E-state index is 11.1. The van der Waals surface area contributed by atoms with Gasteiger partial charge in [0.05, 0.1) is 12.1 Å². The number of aromatic nitrogens is 2. The molecule has 1 unspecified atom stereocenters. The minimum absolute atomic E-state index is 0.448. The van der Waals surface area contributed by atoms with Crippen molar-refractivity contribution in [1.82, 2.24) is 14.5 Å². The van der Waals surface area contributed by atoms with Crippen molar-refractivity contribution in [3.05, 3.63) is 18.2 Å². The first kappa shape index (κ1) is 12.1. The van der Waals surface area contributed by atoms with Gasteiger partial charge >= 0.3 is 0 Å². The summed E-state index contributed by atoms with van der Waals surface area (Å²) in [6, 6.07) is 0. The van der Waals surface area contributed by atoms with Crippen LogP contribution in [0.1, 0.15) is 19.2 Å². The Morgan fingerprint density at radius 2 is 2.35 bits per heavy atom. The van der Waals surface area contributed by atoms with Gasteiger partial charge in [0.2, 0.25) is 5.91 Å². The Labute approximate surface area is 101 Å². The van der Waals surface area contributed by atoms with Crippen molar-refractivity contribution in [2.24, 2.45) is 11.5 Å². The van der Waals surface area contributed by atoms with E-state index in [1.807, 2.05) is 12.4 Å². The normalized spacial score (nSPS) is 19.6. The summed E-state index contributed by atoms with van der Waals surface area (Å²) in [5.74, 6) is 0.616. The summed E-state index contributed by atoms with van der Waals surface area (Å²) < 4.78 is 2.15. The fourth-order valence-electron chi connectivity index (χ4n) is 1.93. The number of amides is 1. The van der Waals surface area contributed by atoms with Crippen LogP contribution in [0, 0.1) is 0 Å². The number of rotatable bonds is 4. The molecule has 1 aromatic rings. The zero-order chi connectivity index (χ0) is 12.5. The molecule has 94 valence electrons. The Bertz CT molecular complexity index is 412. The number of carbonyl (C=O) groups excluding carboxylic acids is 1. The predicted molar refractivity (Wildman–Crippen MR) is 63.9 cm³/mol. The van der Waals surface area contributed by atoms with Gasteiger partial charge in [-0.3, -0.25) is 9.69 Å². The molecule has 0 aliphatic carbocycles. The average molecular weight is 237 g/mol. The van der Waals surface area contributed by atoms with E-state index in [0.29, 0.717) is 6.42 Å². The monoisotopic (exact) mass is 237 g/mol. The summed E-state index contributed by atoms with van der Waals surface area (Å²) in [6.07, 6.45) is 4.38. The topological polar surface area (TPSA) is 90.2 Å². The third kappa shape index (κ3) is 2.65. The van der Waals surface area contributed by atoms with Gasteiger partial charge in [-0.25, -0.2) is 4.98 Å². The van der Waals surface area contributed by atoms with E-state index in [1.165, 1.54) is 0 Å². The molecule has 0 radical (unpaired) electrons. The van der Waals surface area contributed by atoms with Crippen LogP contribution in [0.15, 0.2) is 12.4 Å². The van der Waals surface area contributed by atoms with Crippen molar-refractivity contribution in [1.29, 1.82) is 0 Å². The summed E-state index contributed by atoms with van der Waals surface area (Å²) in [6.45, 7) is 5.15. The molecule has 2 heterocycles. The second-order valence-corrected chi connectivity index (χ2v) is 4.84. The molecular formula is C11H19N5O. The number of hydrogen-bond donors (Lipinski definition) is 2. The van der Waals surface area contributed by atoms with Gasteiger partial charge in [0, 0.05) is 32.0 Å². The highest BCUT2D eigenvalue weighted by Crippen LogP contribution is 2.13. The molecule has 6 heteroatoms. The fraction of sp³-hybridized carbons (Fsp3) is 0.636. The highest BCUT2D eigenvalue weighted by Gasteiger charge is 2.27. The lowest BCUT2D eigenvalue weighted by Gasteiger charge is -2.30. The van der Waals surface area contributed by atoms with Gasteiger partial charge in [-0.2, -0.15) is 0 Å². The van der Waals surface area contributed by atoms with Crippen LogP contribution in [-0.2, 0) is 17.9 Å². The summed E-state index contributed by atoms with van der Waals surface area (Å²) in [7, 11) is 0. The maximum Gasteiger partial charge on any atom is 0.237 e. The molecule has 1 aromatic heterocycles. The van der Waals surface area contributed by atoms with Crippen molar-refractivity contribution in [3.8, 4) is 0 Å². The maximum atomic E-state index is 11.1. The van der Waals surface area contributed by atoms with Crippen molar-refractivity contribution in [2.45, 2.75) is 32.0 Å². The zero-order valence-electron chi connectivity index (χ0n) is 10.1. The molecule has 2 rings (SSSR count). The van der Waals surface area contributed by atoms with Crippen molar-refractivity contribution < 1.29 is 4.79 Å². The van der Waals surface area contributed by atoms with Crippen LogP contribution in [0.3, 0.4) is 0 Å². The van der Waals surface area contributed by atoms with Gasteiger partial charge in [-0.05, 0) is 13.3 Å². The van der Waals surface area contributed by atoms with Crippen molar-refractivity contribution in [3.63, 3.8) is 0 Å². The number of fused-ring (bicyclic) bond motifs is 1. The highest BCUT2D eigenvalue weighted by molar-refractivity contribution is 5.83. The first-order chi connectivity index (χ1) is 7.99. The lowest BCUT2D eigenvalue weighted by atomic mass is 9.98. The number of primary amides is 1. The molecule has 1 aliphatic heterocycles. The van der Waals surface area contributed by atoms with E-state index in [0.717, 1.165) is 32.0 Å². The quantitative estimate of drug-likeness (QED) is 0.724. The Balaban J connectivity index is 1.88.